The molecule has 186 valence electrons. The maximum absolute atomic E-state index is 12.2. The zero-order chi connectivity index (χ0) is 23.3. The average Bonchev–Trinajstić information content (AvgIpc) is 2.85. The summed E-state index contributed by atoms with van der Waals surface area (Å²) in [5.41, 5.74) is 1.12. The SMILES string of the molecule is CCCCCCCCC1CCC(C2CCC(C=Cc3ccc(OCC(F)F)cc3)CC2)CC1. The first-order valence-electron chi connectivity index (χ1n) is 13.8. The number of halogens is 2. The van der Waals surface area contributed by atoms with Crippen molar-refractivity contribution in [2.45, 2.75) is 110 Å². The molecule has 0 amide bonds. The second-order valence-electron chi connectivity index (χ2n) is 10.6. The molecule has 2 aliphatic rings. The van der Waals surface area contributed by atoms with E-state index in [0.29, 0.717) is 11.7 Å². The Labute approximate surface area is 201 Å². The fourth-order valence-electron chi connectivity index (χ4n) is 6.05. The molecule has 0 spiro atoms. The van der Waals surface area contributed by atoms with Gasteiger partial charge in [0.1, 0.15) is 12.4 Å². The molecule has 33 heavy (non-hydrogen) atoms. The number of ether oxygens (including phenoxy) is 1. The molecule has 0 N–H and O–H groups in total. The van der Waals surface area contributed by atoms with Crippen molar-refractivity contribution < 1.29 is 13.5 Å². The van der Waals surface area contributed by atoms with E-state index < -0.39 is 13.0 Å². The standard InChI is InChI=1S/C30H46F2O/c1-2-3-4-5-6-7-8-24-11-17-27(18-12-24)28-19-13-25(14-20-28)9-10-26-15-21-29(22-16-26)33-23-30(31)32/h9-10,15-16,21-22,24-25,27-28,30H,2-8,11-14,17-20,23H2,1H3. The van der Waals surface area contributed by atoms with Crippen LogP contribution in [0.1, 0.15) is 109 Å². The van der Waals surface area contributed by atoms with Gasteiger partial charge in [-0.1, -0.05) is 89.0 Å². The number of hydrogen-bond acceptors (Lipinski definition) is 1. The lowest BCUT2D eigenvalue weighted by Crippen LogP contribution is -2.25. The Morgan fingerprint density at radius 2 is 1.42 bits per heavy atom. The summed E-state index contributed by atoms with van der Waals surface area (Å²) in [5.74, 6) is 4.14. The van der Waals surface area contributed by atoms with E-state index in [1.54, 1.807) is 12.1 Å². The molecule has 2 fully saturated rings. The second kappa shape index (κ2) is 14.8. The van der Waals surface area contributed by atoms with Crippen LogP contribution in [0.15, 0.2) is 30.3 Å². The molecule has 2 aliphatic carbocycles. The number of allylic oxidation sites excluding steroid dienone is 1. The van der Waals surface area contributed by atoms with Gasteiger partial charge in [-0.25, -0.2) is 8.78 Å². The van der Waals surface area contributed by atoms with Gasteiger partial charge in [-0.2, -0.15) is 0 Å². The summed E-state index contributed by atoms with van der Waals surface area (Å²) in [5, 5.41) is 0. The molecule has 0 aromatic heterocycles. The van der Waals surface area contributed by atoms with E-state index in [2.05, 4.69) is 19.1 Å². The number of unbranched alkanes of at least 4 members (excludes halogenated alkanes) is 5. The van der Waals surface area contributed by atoms with E-state index in [4.69, 9.17) is 4.74 Å². The highest BCUT2D eigenvalue weighted by Gasteiger charge is 2.30. The van der Waals surface area contributed by atoms with E-state index in [1.807, 2.05) is 12.1 Å². The Morgan fingerprint density at radius 3 is 2.06 bits per heavy atom. The summed E-state index contributed by atoms with van der Waals surface area (Å²) in [7, 11) is 0. The van der Waals surface area contributed by atoms with E-state index in [-0.39, 0.29) is 0 Å². The fraction of sp³-hybridized carbons (Fsp3) is 0.733. The van der Waals surface area contributed by atoms with Gasteiger partial charge in [-0.3, -0.25) is 0 Å². The maximum Gasteiger partial charge on any atom is 0.272 e. The van der Waals surface area contributed by atoms with Crippen LogP contribution in [-0.4, -0.2) is 13.0 Å². The van der Waals surface area contributed by atoms with Crippen molar-refractivity contribution in [1.29, 1.82) is 0 Å². The fourth-order valence-corrected chi connectivity index (χ4v) is 6.05. The van der Waals surface area contributed by atoms with Gasteiger partial charge in [-0.05, 0) is 79.9 Å². The highest BCUT2D eigenvalue weighted by atomic mass is 19.3. The Bertz CT molecular complexity index is 652. The van der Waals surface area contributed by atoms with Crippen molar-refractivity contribution in [3.05, 3.63) is 35.9 Å². The van der Waals surface area contributed by atoms with Crippen molar-refractivity contribution in [3.8, 4) is 5.75 Å². The van der Waals surface area contributed by atoms with Crippen molar-refractivity contribution in [1.82, 2.24) is 0 Å². The highest BCUT2D eigenvalue weighted by molar-refractivity contribution is 5.50. The van der Waals surface area contributed by atoms with Gasteiger partial charge in [0.15, 0.2) is 0 Å². The molecular formula is C30H46F2O. The molecule has 0 radical (unpaired) electrons. The first-order chi connectivity index (χ1) is 16.1. The molecule has 1 aromatic carbocycles. The molecule has 0 saturated heterocycles. The zero-order valence-corrected chi connectivity index (χ0v) is 20.8. The zero-order valence-electron chi connectivity index (χ0n) is 20.8. The summed E-state index contributed by atoms with van der Waals surface area (Å²) in [6, 6.07) is 7.46. The average molecular weight is 461 g/mol. The lowest BCUT2D eigenvalue weighted by Gasteiger charge is -2.37. The third-order valence-corrected chi connectivity index (χ3v) is 8.16. The number of rotatable bonds is 13. The maximum atomic E-state index is 12.2. The molecule has 2 saturated carbocycles. The minimum Gasteiger partial charge on any atom is -0.488 e. The summed E-state index contributed by atoms with van der Waals surface area (Å²) < 4.78 is 29.5. The minimum absolute atomic E-state index is 0.509. The number of alkyl halides is 2. The molecule has 3 heteroatoms. The summed E-state index contributed by atoms with van der Waals surface area (Å²) >= 11 is 0. The second-order valence-corrected chi connectivity index (χ2v) is 10.6. The lowest BCUT2D eigenvalue weighted by atomic mass is 9.68. The topological polar surface area (TPSA) is 9.23 Å². The van der Waals surface area contributed by atoms with Crippen molar-refractivity contribution >= 4 is 6.08 Å². The van der Waals surface area contributed by atoms with E-state index in [9.17, 15) is 8.78 Å². The first-order valence-corrected chi connectivity index (χ1v) is 13.8. The van der Waals surface area contributed by atoms with Crippen LogP contribution < -0.4 is 4.74 Å². The van der Waals surface area contributed by atoms with Crippen LogP contribution in [0, 0.1) is 23.7 Å². The van der Waals surface area contributed by atoms with Gasteiger partial charge in [0.25, 0.3) is 6.43 Å². The molecule has 0 heterocycles. The predicted octanol–water partition coefficient (Wildman–Crippen LogP) is 9.71. The van der Waals surface area contributed by atoms with E-state index >= 15 is 0 Å². The first kappa shape index (κ1) is 26.2. The largest absolute Gasteiger partial charge is 0.488 e. The van der Waals surface area contributed by atoms with Crippen LogP contribution in [0.5, 0.6) is 5.75 Å². The Balaban J connectivity index is 1.29. The summed E-state index contributed by atoms with van der Waals surface area (Å²) in [6.07, 6.45) is 23.5. The third-order valence-electron chi connectivity index (χ3n) is 8.16. The molecule has 0 aliphatic heterocycles. The normalized spacial score (nSPS) is 26.2. The number of hydrogen-bond donors (Lipinski definition) is 0. The Morgan fingerprint density at radius 1 is 0.818 bits per heavy atom. The Hall–Kier alpha value is -1.38. The van der Waals surface area contributed by atoms with Crippen LogP contribution in [0.2, 0.25) is 0 Å². The quantitative estimate of drug-likeness (QED) is 0.266. The van der Waals surface area contributed by atoms with Crippen LogP contribution in [0.4, 0.5) is 8.78 Å². The lowest BCUT2D eigenvalue weighted by molar-refractivity contribution is 0.0819. The van der Waals surface area contributed by atoms with Gasteiger partial charge in [0.2, 0.25) is 0 Å². The minimum atomic E-state index is -2.43. The summed E-state index contributed by atoms with van der Waals surface area (Å²) in [6.45, 7) is 1.75. The van der Waals surface area contributed by atoms with Crippen LogP contribution in [-0.2, 0) is 0 Å². The molecular weight excluding hydrogens is 414 g/mol. The van der Waals surface area contributed by atoms with Gasteiger partial charge in [0, 0.05) is 0 Å². The molecule has 0 atom stereocenters. The monoisotopic (exact) mass is 460 g/mol. The van der Waals surface area contributed by atoms with Crippen molar-refractivity contribution in [2.75, 3.05) is 6.61 Å². The third kappa shape index (κ3) is 9.79. The van der Waals surface area contributed by atoms with Gasteiger partial charge in [-0.15, -0.1) is 0 Å². The summed E-state index contributed by atoms with van der Waals surface area (Å²) in [4.78, 5) is 0. The van der Waals surface area contributed by atoms with Gasteiger partial charge in [0.05, 0.1) is 0 Å². The molecule has 0 unspecified atom stereocenters. The Kier molecular flexibility index (Phi) is 11.8. The molecule has 1 nitrogen and oxygen atoms in total. The van der Waals surface area contributed by atoms with Crippen LogP contribution in [0.25, 0.3) is 6.08 Å². The molecule has 0 bridgehead atoms. The van der Waals surface area contributed by atoms with E-state index in [0.717, 1.165) is 23.3 Å². The smallest absolute Gasteiger partial charge is 0.272 e. The van der Waals surface area contributed by atoms with E-state index in [1.165, 1.54) is 96.3 Å². The van der Waals surface area contributed by atoms with Crippen molar-refractivity contribution in [3.63, 3.8) is 0 Å². The highest BCUT2D eigenvalue weighted by Crippen LogP contribution is 2.42. The van der Waals surface area contributed by atoms with Crippen LogP contribution in [0.3, 0.4) is 0 Å². The van der Waals surface area contributed by atoms with Gasteiger partial charge < -0.3 is 4.74 Å². The predicted molar refractivity (Wildman–Crippen MR) is 136 cm³/mol. The number of benzene rings is 1. The molecule has 1 aromatic rings. The van der Waals surface area contributed by atoms with Crippen molar-refractivity contribution in [2.24, 2.45) is 23.7 Å². The van der Waals surface area contributed by atoms with Gasteiger partial charge >= 0.3 is 0 Å². The van der Waals surface area contributed by atoms with Crippen LogP contribution >= 0.6 is 0 Å². The molecule has 3 rings (SSSR count).